The standard InChI is InChI=1S/C12H10F3NOS/c13-12(14,15)17-10-4-1-3-9(7-10)16-8-11-5-2-6-18-11/h1-7,16H,8H2. The predicted molar refractivity (Wildman–Crippen MR) is 64.8 cm³/mol. The van der Waals surface area contributed by atoms with Crippen LogP contribution >= 0.6 is 11.3 Å². The van der Waals surface area contributed by atoms with Crippen LogP contribution in [0.4, 0.5) is 18.9 Å². The van der Waals surface area contributed by atoms with E-state index in [1.165, 1.54) is 18.2 Å². The van der Waals surface area contributed by atoms with Gasteiger partial charge in [-0.3, -0.25) is 0 Å². The van der Waals surface area contributed by atoms with Crippen molar-refractivity contribution in [2.45, 2.75) is 12.9 Å². The van der Waals surface area contributed by atoms with E-state index in [0.717, 1.165) is 4.88 Å². The lowest BCUT2D eigenvalue weighted by Crippen LogP contribution is -2.17. The molecule has 0 saturated heterocycles. The summed E-state index contributed by atoms with van der Waals surface area (Å²) in [6, 6.07) is 9.66. The van der Waals surface area contributed by atoms with E-state index in [1.54, 1.807) is 17.4 Å². The SMILES string of the molecule is FC(F)(F)Oc1cccc(NCc2cccs2)c1. The highest BCUT2D eigenvalue weighted by atomic mass is 32.1. The molecule has 0 radical (unpaired) electrons. The molecule has 0 fully saturated rings. The van der Waals surface area contributed by atoms with Gasteiger partial charge in [0.2, 0.25) is 0 Å². The molecule has 18 heavy (non-hydrogen) atoms. The Morgan fingerprint density at radius 3 is 2.67 bits per heavy atom. The highest BCUT2D eigenvalue weighted by Gasteiger charge is 2.31. The average Bonchev–Trinajstić information content (AvgIpc) is 2.77. The van der Waals surface area contributed by atoms with Crippen LogP contribution in [0.1, 0.15) is 4.88 Å². The molecule has 6 heteroatoms. The minimum atomic E-state index is -4.66. The first-order chi connectivity index (χ1) is 8.53. The molecule has 0 spiro atoms. The van der Waals surface area contributed by atoms with Gasteiger partial charge in [-0.1, -0.05) is 12.1 Å². The number of hydrogen-bond donors (Lipinski definition) is 1. The molecule has 0 bridgehead atoms. The fourth-order valence-electron chi connectivity index (χ4n) is 1.41. The monoisotopic (exact) mass is 273 g/mol. The molecule has 1 aromatic carbocycles. The summed E-state index contributed by atoms with van der Waals surface area (Å²) < 4.78 is 40.0. The second-order valence-corrected chi connectivity index (χ2v) is 4.54. The molecule has 96 valence electrons. The first-order valence-electron chi connectivity index (χ1n) is 5.15. The minimum Gasteiger partial charge on any atom is -0.406 e. The molecule has 1 aromatic heterocycles. The van der Waals surface area contributed by atoms with E-state index in [1.807, 2.05) is 17.5 Å². The van der Waals surface area contributed by atoms with Gasteiger partial charge in [-0.25, -0.2) is 0 Å². The zero-order chi connectivity index (χ0) is 13.0. The molecule has 0 atom stereocenters. The zero-order valence-electron chi connectivity index (χ0n) is 9.20. The number of benzene rings is 1. The van der Waals surface area contributed by atoms with Gasteiger partial charge >= 0.3 is 6.36 Å². The van der Waals surface area contributed by atoms with E-state index in [4.69, 9.17) is 0 Å². The number of nitrogens with one attached hydrogen (secondary N) is 1. The van der Waals surface area contributed by atoms with Gasteiger partial charge in [-0.05, 0) is 23.6 Å². The van der Waals surface area contributed by atoms with Gasteiger partial charge in [0.1, 0.15) is 5.75 Å². The highest BCUT2D eigenvalue weighted by molar-refractivity contribution is 7.09. The van der Waals surface area contributed by atoms with Crippen molar-refractivity contribution in [2.75, 3.05) is 5.32 Å². The molecule has 0 aliphatic heterocycles. The second-order valence-electron chi connectivity index (χ2n) is 3.51. The molecule has 0 saturated carbocycles. The summed E-state index contributed by atoms with van der Waals surface area (Å²) in [5, 5.41) is 4.98. The third kappa shape index (κ3) is 3.96. The van der Waals surface area contributed by atoms with Crippen molar-refractivity contribution in [3.63, 3.8) is 0 Å². The van der Waals surface area contributed by atoms with Crippen molar-refractivity contribution in [1.29, 1.82) is 0 Å². The lowest BCUT2D eigenvalue weighted by atomic mass is 10.3. The summed E-state index contributed by atoms with van der Waals surface area (Å²) in [6.45, 7) is 0.577. The summed E-state index contributed by atoms with van der Waals surface area (Å²) in [7, 11) is 0. The molecule has 1 heterocycles. The van der Waals surface area contributed by atoms with Gasteiger partial charge in [-0.2, -0.15) is 0 Å². The number of ether oxygens (including phenoxy) is 1. The van der Waals surface area contributed by atoms with Gasteiger partial charge in [-0.15, -0.1) is 24.5 Å². The highest BCUT2D eigenvalue weighted by Crippen LogP contribution is 2.25. The van der Waals surface area contributed by atoms with Crippen LogP contribution in [0.15, 0.2) is 41.8 Å². The lowest BCUT2D eigenvalue weighted by molar-refractivity contribution is -0.274. The van der Waals surface area contributed by atoms with E-state index >= 15 is 0 Å². The van der Waals surface area contributed by atoms with Crippen LogP contribution in [0.5, 0.6) is 5.75 Å². The lowest BCUT2D eigenvalue weighted by Gasteiger charge is -2.10. The van der Waals surface area contributed by atoms with Crippen molar-refractivity contribution in [3.8, 4) is 5.75 Å². The number of hydrogen-bond acceptors (Lipinski definition) is 3. The van der Waals surface area contributed by atoms with Gasteiger partial charge < -0.3 is 10.1 Å². The van der Waals surface area contributed by atoms with Crippen molar-refractivity contribution in [2.24, 2.45) is 0 Å². The third-order valence-electron chi connectivity index (χ3n) is 2.11. The summed E-state index contributed by atoms with van der Waals surface area (Å²) >= 11 is 1.58. The van der Waals surface area contributed by atoms with Gasteiger partial charge in [0.25, 0.3) is 0 Å². The summed E-state index contributed by atoms with van der Waals surface area (Å²) in [5.74, 6) is -0.223. The van der Waals surface area contributed by atoms with Crippen molar-refractivity contribution in [1.82, 2.24) is 0 Å². The van der Waals surface area contributed by atoms with Crippen LogP contribution in [0.25, 0.3) is 0 Å². The minimum absolute atomic E-state index is 0.223. The van der Waals surface area contributed by atoms with E-state index < -0.39 is 6.36 Å². The van der Waals surface area contributed by atoms with Crippen LogP contribution in [0.3, 0.4) is 0 Å². The van der Waals surface area contributed by atoms with Gasteiger partial charge in [0.05, 0.1) is 0 Å². The molecular weight excluding hydrogens is 263 g/mol. The van der Waals surface area contributed by atoms with Crippen molar-refractivity contribution >= 4 is 17.0 Å². The maximum Gasteiger partial charge on any atom is 0.573 e. The predicted octanol–water partition coefficient (Wildman–Crippen LogP) is 4.26. The Labute approximate surface area is 106 Å². The van der Waals surface area contributed by atoms with Crippen LogP contribution in [0, 0.1) is 0 Å². The number of rotatable bonds is 4. The molecule has 0 aliphatic rings. The number of thiophene rings is 1. The fourth-order valence-corrected chi connectivity index (χ4v) is 2.05. The molecule has 2 aromatic rings. The maximum absolute atomic E-state index is 12.0. The van der Waals surface area contributed by atoms with Gasteiger partial charge in [0, 0.05) is 23.2 Å². The molecule has 0 amide bonds. The Bertz CT molecular complexity index is 496. The first-order valence-corrected chi connectivity index (χ1v) is 6.03. The Kier molecular flexibility index (Phi) is 3.76. The van der Waals surface area contributed by atoms with Crippen LogP contribution < -0.4 is 10.1 Å². The number of halogens is 3. The molecule has 2 rings (SSSR count). The van der Waals surface area contributed by atoms with E-state index in [2.05, 4.69) is 10.1 Å². The molecule has 1 N–H and O–H groups in total. The normalized spacial score (nSPS) is 11.3. The third-order valence-corrected chi connectivity index (χ3v) is 2.99. The zero-order valence-corrected chi connectivity index (χ0v) is 10.0. The number of anilines is 1. The Hall–Kier alpha value is -1.69. The Balaban J connectivity index is 1.99. The maximum atomic E-state index is 12.0. The van der Waals surface area contributed by atoms with E-state index in [-0.39, 0.29) is 5.75 Å². The van der Waals surface area contributed by atoms with Crippen molar-refractivity contribution < 1.29 is 17.9 Å². The Morgan fingerprint density at radius 1 is 1.17 bits per heavy atom. The smallest absolute Gasteiger partial charge is 0.406 e. The summed E-state index contributed by atoms with van der Waals surface area (Å²) in [6.07, 6.45) is -4.66. The summed E-state index contributed by atoms with van der Waals surface area (Å²) in [4.78, 5) is 1.11. The van der Waals surface area contributed by atoms with Crippen LogP contribution in [0.2, 0.25) is 0 Å². The van der Waals surface area contributed by atoms with E-state index in [9.17, 15) is 13.2 Å². The second kappa shape index (κ2) is 5.30. The quantitative estimate of drug-likeness (QED) is 0.898. The molecule has 2 nitrogen and oxygen atoms in total. The van der Waals surface area contributed by atoms with Gasteiger partial charge in [0.15, 0.2) is 0 Å². The van der Waals surface area contributed by atoms with Crippen molar-refractivity contribution in [3.05, 3.63) is 46.7 Å². The number of alkyl halides is 3. The summed E-state index contributed by atoms with van der Waals surface area (Å²) in [5.41, 5.74) is 0.588. The topological polar surface area (TPSA) is 21.3 Å². The fraction of sp³-hybridized carbons (Fsp3) is 0.167. The molecule has 0 unspecified atom stereocenters. The molecule has 0 aliphatic carbocycles. The Morgan fingerprint density at radius 2 is 2.00 bits per heavy atom. The van der Waals surface area contributed by atoms with Crippen LogP contribution in [-0.4, -0.2) is 6.36 Å². The van der Waals surface area contributed by atoms with E-state index in [0.29, 0.717) is 12.2 Å². The largest absolute Gasteiger partial charge is 0.573 e. The average molecular weight is 273 g/mol. The first kappa shape index (κ1) is 12.8. The molecular formula is C12H10F3NOS. The van der Waals surface area contributed by atoms with Crippen LogP contribution in [-0.2, 0) is 6.54 Å².